The van der Waals surface area contributed by atoms with Crippen molar-refractivity contribution in [1.29, 1.82) is 0 Å². The molecule has 126 valence electrons. The summed E-state index contributed by atoms with van der Waals surface area (Å²) in [7, 11) is 1.80. The molecule has 1 atom stereocenters. The van der Waals surface area contributed by atoms with Gasteiger partial charge in [0, 0.05) is 31.2 Å². The lowest BCUT2D eigenvalue weighted by atomic mass is 10.1. The molecule has 6 nitrogen and oxygen atoms in total. The Morgan fingerprint density at radius 1 is 1.35 bits per heavy atom. The third kappa shape index (κ3) is 4.67. The summed E-state index contributed by atoms with van der Waals surface area (Å²) in [6.45, 7) is 4.64. The van der Waals surface area contributed by atoms with Crippen LogP contribution in [0.5, 0.6) is 0 Å². The van der Waals surface area contributed by atoms with Gasteiger partial charge in [0.25, 0.3) is 5.91 Å². The predicted molar refractivity (Wildman–Crippen MR) is 89.9 cm³/mol. The standard InChI is InChI=1S/C16H22ClN3O3/c1-11(10-18-2)15(21)19-12-3-4-13(14(17)9-12)16(22)20-5-7-23-8-6-20/h3-4,9,11,18H,5-8,10H2,1-2H3,(H,19,21). The number of carbonyl (C=O) groups is 2. The Kier molecular flexibility index (Phi) is 6.38. The van der Waals surface area contributed by atoms with Gasteiger partial charge in [0.05, 0.1) is 23.8 Å². The maximum absolute atomic E-state index is 12.4. The highest BCUT2D eigenvalue weighted by Crippen LogP contribution is 2.23. The van der Waals surface area contributed by atoms with Gasteiger partial charge in [0.2, 0.25) is 5.91 Å². The van der Waals surface area contributed by atoms with E-state index in [2.05, 4.69) is 10.6 Å². The molecule has 1 fully saturated rings. The van der Waals surface area contributed by atoms with Gasteiger partial charge in [-0.15, -0.1) is 0 Å². The van der Waals surface area contributed by atoms with Crippen molar-refractivity contribution in [2.24, 2.45) is 5.92 Å². The molecular weight excluding hydrogens is 318 g/mol. The van der Waals surface area contributed by atoms with Crippen LogP contribution in [0.15, 0.2) is 18.2 Å². The van der Waals surface area contributed by atoms with Gasteiger partial charge in [-0.3, -0.25) is 9.59 Å². The minimum Gasteiger partial charge on any atom is -0.378 e. The number of anilines is 1. The van der Waals surface area contributed by atoms with Gasteiger partial charge in [-0.1, -0.05) is 18.5 Å². The Hall–Kier alpha value is -1.63. The van der Waals surface area contributed by atoms with Crippen LogP contribution in [0, 0.1) is 5.92 Å². The van der Waals surface area contributed by atoms with E-state index in [-0.39, 0.29) is 17.7 Å². The molecule has 0 saturated carbocycles. The van der Waals surface area contributed by atoms with Crippen LogP contribution in [0.2, 0.25) is 5.02 Å². The van der Waals surface area contributed by atoms with Gasteiger partial charge in [0.15, 0.2) is 0 Å². The fourth-order valence-corrected chi connectivity index (χ4v) is 2.63. The molecule has 0 aliphatic carbocycles. The van der Waals surface area contributed by atoms with Crippen LogP contribution < -0.4 is 10.6 Å². The molecule has 2 rings (SSSR count). The number of benzene rings is 1. The van der Waals surface area contributed by atoms with Crippen molar-refractivity contribution in [3.8, 4) is 0 Å². The van der Waals surface area contributed by atoms with E-state index in [1.54, 1.807) is 30.1 Å². The number of nitrogens with zero attached hydrogens (tertiary/aromatic N) is 1. The van der Waals surface area contributed by atoms with E-state index in [4.69, 9.17) is 16.3 Å². The average Bonchev–Trinajstić information content (AvgIpc) is 2.55. The molecule has 7 heteroatoms. The summed E-state index contributed by atoms with van der Waals surface area (Å²) < 4.78 is 5.24. The zero-order valence-corrected chi connectivity index (χ0v) is 14.2. The maximum atomic E-state index is 12.4. The van der Waals surface area contributed by atoms with Crippen molar-refractivity contribution in [3.63, 3.8) is 0 Å². The highest BCUT2D eigenvalue weighted by atomic mass is 35.5. The summed E-state index contributed by atoms with van der Waals surface area (Å²) in [6, 6.07) is 4.96. The van der Waals surface area contributed by atoms with E-state index in [1.807, 2.05) is 6.92 Å². The molecule has 1 heterocycles. The summed E-state index contributed by atoms with van der Waals surface area (Å²) in [4.78, 5) is 26.2. The molecule has 1 aromatic carbocycles. The topological polar surface area (TPSA) is 70.7 Å². The van der Waals surface area contributed by atoms with Gasteiger partial charge in [0.1, 0.15) is 0 Å². The minimum atomic E-state index is -0.159. The Labute approximate surface area is 141 Å². The normalized spacial score (nSPS) is 16.0. The third-order valence-corrected chi connectivity index (χ3v) is 4.04. The first kappa shape index (κ1) is 17.7. The van der Waals surface area contributed by atoms with Crippen LogP contribution in [0.25, 0.3) is 0 Å². The summed E-state index contributed by atoms with van der Waals surface area (Å²) in [6.07, 6.45) is 0. The minimum absolute atomic E-state index is 0.0947. The van der Waals surface area contributed by atoms with Crippen LogP contribution in [0.4, 0.5) is 5.69 Å². The summed E-state index contributed by atoms with van der Waals surface area (Å²) in [5.74, 6) is -0.365. The number of hydrogen-bond acceptors (Lipinski definition) is 4. The van der Waals surface area contributed by atoms with Crippen molar-refractivity contribution in [1.82, 2.24) is 10.2 Å². The average molecular weight is 340 g/mol. The Balaban J connectivity index is 2.05. The lowest BCUT2D eigenvalue weighted by molar-refractivity contribution is -0.119. The van der Waals surface area contributed by atoms with E-state index in [0.29, 0.717) is 49.1 Å². The Morgan fingerprint density at radius 3 is 2.65 bits per heavy atom. The van der Waals surface area contributed by atoms with Gasteiger partial charge < -0.3 is 20.3 Å². The number of nitrogens with one attached hydrogen (secondary N) is 2. The zero-order chi connectivity index (χ0) is 16.8. The second kappa shape index (κ2) is 8.29. The summed E-state index contributed by atoms with van der Waals surface area (Å²) in [5, 5.41) is 6.10. The SMILES string of the molecule is CNCC(C)C(=O)Nc1ccc(C(=O)N2CCOCC2)c(Cl)c1. The molecule has 2 N–H and O–H groups in total. The number of ether oxygens (including phenoxy) is 1. The van der Waals surface area contributed by atoms with Crippen LogP contribution in [-0.4, -0.2) is 56.6 Å². The van der Waals surface area contributed by atoms with Gasteiger partial charge in [-0.2, -0.15) is 0 Å². The number of halogens is 1. The van der Waals surface area contributed by atoms with Crippen LogP contribution in [0.1, 0.15) is 17.3 Å². The molecule has 0 aromatic heterocycles. The molecule has 1 saturated heterocycles. The fraction of sp³-hybridized carbons (Fsp3) is 0.500. The van der Waals surface area contributed by atoms with Crippen LogP contribution in [-0.2, 0) is 9.53 Å². The quantitative estimate of drug-likeness (QED) is 0.855. The van der Waals surface area contributed by atoms with E-state index < -0.39 is 0 Å². The van der Waals surface area contributed by atoms with Gasteiger partial charge >= 0.3 is 0 Å². The van der Waals surface area contributed by atoms with Crippen LogP contribution in [0.3, 0.4) is 0 Å². The lowest BCUT2D eigenvalue weighted by Gasteiger charge is -2.27. The molecule has 1 unspecified atom stereocenters. The molecular formula is C16H22ClN3O3. The number of carbonyl (C=O) groups excluding carboxylic acids is 2. The van der Waals surface area contributed by atoms with Gasteiger partial charge in [-0.25, -0.2) is 0 Å². The Morgan fingerprint density at radius 2 is 2.04 bits per heavy atom. The molecule has 0 radical (unpaired) electrons. The van der Waals surface area contributed by atoms with Crippen molar-refractivity contribution in [2.45, 2.75) is 6.92 Å². The fourth-order valence-electron chi connectivity index (χ4n) is 2.37. The molecule has 1 aromatic rings. The Bertz CT molecular complexity index is 574. The van der Waals surface area contributed by atoms with Crippen LogP contribution >= 0.6 is 11.6 Å². The molecule has 23 heavy (non-hydrogen) atoms. The second-order valence-electron chi connectivity index (χ2n) is 5.55. The number of morpholine rings is 1. The summed E-state index contributed by atoms with van der Waals surface area (Å²) >= 11 is 6.23. The van der Waals surface area contributed by atoms with E-state index in [1.165, 1.54) is 0 Å². The number of amides is 2. The van der Waals surface area contributed by atoms with Crippen molar-refractivity contribution < 1.29 is 14.3 Å². The largest absolute Gasteiger partial charge is 0.378 e. The van der Waals surface area contributed by atoms with E-state index in [9.17, 15) is 9.59 Å². The number of rotatable bonds is 5. The molecule has 1 aliphatic rings. The lowest BCUT2D eigenvalue weighted by Crippen LogP contribution is -2.40. The van der Waals surface area contributed by atoms with E-state index >= 15 is 0 Å². The molecule has 1 aliphatic heterocycles. The monoisotopic (exact) mass is 339 g/mol. The molecule has 0 bridgehead atoms. The highest BCUT2D eigenvalue weighted by molar-refractivity contribution is 6.34. The summed E-state index contributed by atoms with van der Waals surface area (Å²) in [5.41, 5.74) is 1.02. The van der Waals surface area contributed by atoms with E-state index in [0.717, 1.165) is 0 Å². The molecule has 2 amide bonds. The first-order valence-corrected chi connectivity index (χ1v) is 8.02. The zero-order valence-electron chi connectivity index (χ0n) is 13.4. The molecule has 0 spiro atoms. The second-order valence-corrected chi connectivity index (χ2v) is 5.95. The highest BCUT2D eigenvalue weighted by Gasteiger charge is 2.21. The third-order valence-electron chi connectivity index (χ3n) is 3.72. The first-order chi connectivity index (χ1) is 11.0. The van der Waals surface area contributed by atoms with Crippen molar-refractivity contribution in [2.75, 3.05) is 45.2 Å². The van der Waals surface area contributed by atoms with Gasteiger partial charge in [-0.05, 0) is 25.2 Å². The maximum Gasteiger partial charge on any atom is 0.255 e. The smallest absolute Gasteiger partial charge is 0.255 e. The van der Waals surface area contributed by atoms with Crippen molar-refractivity contribution in [3.05, 3.63) is 28.8 Å². The van der Waals surface area contributed by atoms with Crippen molar-refractivity contribution >= 4 is 29.1 Å². The number of hydrogen-bond donors (Lipinski definition) is 2. The first-order valence-electron chi connectivity index (χ1n) is 7.65. The predicted octanol–water partition coefficient (Wildman–Crippen LogP) is 1.61.